The number of thioether (sulfide) groups is 1. The van der Waals surface area contributed by atoms with Crippen molar-refractivity contribution in [2.75, 3.05) is 19.5 Å². The minimum absolute atomic E-state index is 0.187. The van der Waals surface area contributed by atoms with Crippen LogP contribution in [-0.4, -0.2) is 35.5 Å². The topological polar surface area (TPSA) is 44.2 Å². The summed E-state index contributed by atoms with van der Waals surface area (Å²) in [6, 6.07) is 2.00. The second-order valence-corrected chi connectivity index (χ2v) is 5.54. The van der Waals surface area contributed by atoms with E-state index in [0.717, 1.165) is 20.4 Å². The Hall–Kier alpha value is -0.850. The highest BCUT2D eigenvalue weighted by Crippen LogP contribution is 2.29. The van der Waals surface area contributed by atoms with Crippen LogP contribution in [0.2, 0.25) is 0 Å². The summed E-state index contributed by atoms with van der Waals surface area (Å²) in [4.78, 5) is 8.66. The van der Waals surface area contributed by atoms with E-state index in [1.54, 1.807) is 29.3 Å². The molecule has 1 fully saturated rings. The third kappa shape index (κ3) is 1.88. The van der Waals surface area contributed by atoms with Crippen molar-refractivity contribution in [3.63, 3.8) is 0 Å². The highest BCUT2D eigenvalue weighted by Gasteiger charge is 2.20. The van der Waals surface area contributed by atoms with E-state index in [1.165, 1.54) is 0 Å². The second kappa shape index (κ2) is 4.20. The first-order chi connectivity index (χ1) is 7.85. The molecule has 0 aromatic carbocycles. The maximum absolute atomic E-state index is 5.69. The van der Waals surface area contributed by atoms with Crippen LogP contribution in [0.3, 0.4) is 0 Å². The van der Waals surface area contributed by atoms with Crippen molar-refractivity contribution in [2.24, 2.45) is 0 Å². The molecule has 0 N–H and O–H groups in total. The highest BCUT2D eigenvalue weighted by atomic mass is 32.2. The Morgan fingerprint density at radius 2 is 2.44 bits per heavy atom. The lowest BCUT2D eigenvalue weighted by Gasteiger charge is -2.26. The summed E-state index contributed by atoms with van der Waals surface area (Å²) in [6.45, 7) is 1.35. The maximum Gasteiger partial charge on any atom is 0.171 e. The second-order valence-electron chi connectivity index (χ2n) is 3.45. The number of aromatic nitrogens is 2. The van der Waals surface area contributed by atoms with Gasteiger partial charge in [0.15, 0.2) is 9.99 Å². The number of ether oxygens (including phenoxy) is 2. The molecule has 3 heterocycles. The number of nitrogens with zero attached hydrogens (tertiary/aromatic N) is 2. The van der Waals surface area contributed by atoms with Gasteiger partial charge < -0.3 is 9.47 Å². The number of pyridine rings is 1. The molecule has 0 atom stereocenters. The molecule has 0 saturated carbocycles. The van der Waals surface area contributed by atoms with Crippen molar-refractivity contribution in [3.05, 3.63) is 12.3 Å². The van der Waals surface area contributed by atoms with Crippen molar-refractivity contribution in [3.8, 4) is 5.75 Å². The summed E-state index contributed by atoms with van der Waals surface area (Å²) in [5, 5.41) is 0. The minimum Gasteiger partial charge on any atom is -0.484 e. The number of hydrogen-bond donors (Lipinski definition) is 0. The molecule has 16 heavy (non-hydrogen) atoms. The van der Waals surface area contributed by atoms with Crippen molar-refractivity contribution >= 4 is 33.4 Å². The Labute approximate surface area is 101 Å². The Kier molecular flexibility index (Phi) is 2.70. The molecule has 2 aromatic rings. The van der Waals surface area contributed by atoms with Crippen LogP contribution >= 0.6 is 23.1 Å². The van der Waals surface area contributed by atoms with Crippen molar-refractivity contribution in [1.29, 1.82) is 0 Å². The molecule has 0 aliphatic carbocycles. The van der Waals surface area contributed by atoms with Gasteiger partial charge in [-0.15, -0.1) is 11.3 Å². The van der Waals surface area contributed by atoms with Crippen LogP contribution in [0.25, 0.3) is 10.3 Å². The summed E-state index contributed by atoms with van der Waals surface area (Å²) in [5.74, 6) is 0.803. The minimum atomic E-state index is 0.187. The molecule has 1 aliphatic rings. The molecule has 4 nitrogen and oxygen atoms in total. The predicted molar refractivity (Wildman–Crippen MR) is 64.4 cm³/mol. The van der Waals surface area contributed by atoms with E-state index in [1.807, 2.05) is 12.3 Å². The van der Waals surface area contributed by atoms with Gasteiger partial charge in [0, 0.05) is 6.07 Å². The molecule has 2 aromatic heterocycles. The van der Waals surface area contributed by atoms with Crippen LogP contribution in [0.4, 0.5) is 0 Å². The smallest absolute Gasteiger partial charge is 0.171 e. The van der Waals surface area contributed by atoms with Crippen LogP contribution in [0.5, 0.6) is 5.75 Å². The van der Waals surface area contributed by atoms with E-state index in [0.29, 0.717) is 13.2 Å². The van der Waals surface area contributed by atoms with Gasteiger partial charge in [0.05, 0.1) is 24.1 Å². The summed E-state index contributed by atoms with van der Waals surface area (Å²) in [5.41, 5.74) is 0.798. The first-order valence-corrected chi connectivity index (χ1v) is 6.94. The van der Waals surface area contributed by atoms with Crippen LogP contribution in [0.1, 0.15) is 0 Å². The highest BCUT2D eigenvalue weighted by molar-refractivity contribution is 8.00. The summed E-state index contributed by atoms with van der Waals surface area (Å²) < 4.78 is 12.8. The summed E-state index contributed by atoms with van der Waals surface area (Å²) in [7, 11) is 0. The molecule has 3 rings (SSSR count). The molecule has 0 unspecified atom stereocenters. The fourth-order valence-corrected chi connectivity index (χ4v) is 2.87. The van der Waals surface area contributed by atoms with E-state index in [-0.39, 0.29) is 6.10 Å². The first kappa shape index (κ1) is 10.3. The van der Waals surface area contributed by atoms with Gasteiger partial charge in [0.2, 0.25) is 0 Å². The standard InChI is InChI=1S/C10H10N2O2S2/c1-15-10-12-9-8(16-10)2-6(3-11-9)14-7-4-13-5-7/h2-3,7H,4-5H2,1H3. The zero-order valence-electron chi connectivity index (χ0n) is 8.67. The van der Waals surface area contributed by atoms with E-state index in [9.17, 15) is 0 Å². The fourth-order valence-electron chi connectivity index (χ4n) is 1.41. The van der Waals surface area contributed by atoms with Gasteiger partial charge in [-0.05, 0) is 6.26 Å². The number of rotatable bonds is 3. The monoisotopic (exact) mass is 254 g/mol. The lowest BCUT2D eigenvalue weighted by Crippen LogP contribution is -2.38. The predicted octanol–water partition coefficient (Wildman–Crippen LogP) is 2.19. The van der Waals surface area contributed by atoms with Crippen LogP contribution in [-0.2, 0) is 4.74 Å². The Morgan fingerprint density at radius 3 is 3.12 bits per heavy atom. The largest absolute Gasteiger partial charge is 0.484 e. The van der Waals surface area contributed by atoms with Crippen molar-refractivity contribution in [2.45, 2.75) is 10.4 Å². The normalized spacial score (nSPS) is 16.3. The zero-order valence-corrected chi connectivity index (χ0v) is 10.3. The quantitative estimate of drug-likeness (QED) is 0.786. The van der Waals surface area contributed by atoms with Crippen LogP contribution in [0.15, 0.2) is 16.6 Å². The van der Waals surface area contributed by atoms with E-state index >= 15 is 0 Å². The molecule has 0 bridgehead atoms. The van der Waals surface area contributed by atoms with Gasteiger partial charge in [0.25, 0.3) is 0 Å². The van der Waals surface area contributed by atoms with Gasteiger partial charge in [-0.25, -0.2) is 9.97 Å². The third-order valence-corrected chi connectivity index (χ3v) is 4.26. The lowest BCUT2D eigenvalue weighted by atomic mass is 10.3. The molecule has 0 amide bonds. The fraction of sp³-hybridized carbons (Fsp3) is 0.400. The Bertz CT molecular complexity index is 510. The number of thiazole rings is 1. The Balaban J connectivity index is 1.88. The molecule has 1 saturated heterocycles. The van der Waals surface area contributed by atoms with Crippen LogP contribution in [0, 0.1) is 0 Å². The molecule has 1 aliphatic heterocycles. The van der Waals surface area contributed by atoms with E-state index in [2.05, 4.69) is 9.97 Å². The van der Waals surface area contributed by atoms with Gasteiger partial charge >= 0.3 is 0 Å². The third-order valence-electron chi connectivity index (χ3n) is 2.29. The van der Waals surface area contributed by atoms with Crippen LogP contribution < -0.4 is 4.74 Å². The van der Waals surface area contributed by atoms with E-state index in [4.69, 9.17) is 9.47 Å². The average Bonchev–Trinajstić information content (AvgIpc) is 2.65. The first-order valence-electron chi connectivity index (χ1n) is 4.90. The molecule has 6 heteroatoms. The van der Waals surface area contributed by atoms with Gasteiger partial charge in [-0.1, -0.05) is 11.8 Å². The average molecular weight is 254 g/mol. The maximum atomic E-state index is 5.69. The molecule has 0 radical (unpaired) electrons. The molecule has 0 spiro atoms. The molecular formula is C10H10N2O2S2. The number of fused-ring (bicyclic) bond motifs is 1. The van der Waals surface area contributed by atoms with Gasteiger partial charge in [0.1, 0.15) is 11.9 Å². The SMILES string of the molecule is CSc1nc2ncc(OC3COC3)cc2s1. The van der Waals surface area contributed by atoms with Crippen molar-refractivity contribution in [1.82, 2.24) is 9.97 Å². The molecular weight excluding hydrogens is 244 g/mol. The zero-order chi connectivity index (χ0) is 11.0. The van der Waals surface area contributed by atoms with Crippen molar-refractivity contribution < 1.29 is 9.47 Å². The number of hydrogen-bond acceptors (Lipinski definition) is 6. The lowest BCUT2D eigenvalue weighted by molar-refractivity contribution is -0.0797. The Morgan fingerprint density at radius 1 is 1.56 bits per heavy atom. The summed E-state index contributed by atoms with van der Waals surface area (Å²) in [6.07, 6.45) is 3.93. The molecule has 84 valence electrons. The summed E-state index contributed by atoms with van der Waals surface area (Å²) >= 11 is 3.28. The van der Waals surface area contributed by atoms with Gasteiger partial charge in [-0.2, -0.15) is 0 Å². The van der Waals surface area contributed by atoms with Gasteiger partial charge in [-0.3, -0.25) is 0 Å². The van der Waals surface area contributed by atoms with E-state index < -0.39 is 0 Å².